The van der Waals surface area contributed by atoms with Crippen molar-refractivity contribution >= 4 is 45.4 Å². The zero-order valence-electron chi connectivity index (χ0n) is 13.3. The van der Waals surface area contributed by atoms with Gasteiger partial charge in [0.15, 0.2) is 5.13 Å². The van der Waals surface area contributed by atoms with Crippen LogP contribution in [0.1, 0.15) is 26.4 Å². The van der Waals surface area contributed by atoms with Gasteiger partial charge < -0.3 is 11.1 Å². The van der Waals surface area contributed by atoms with Crippen LogP contribution in [0.5, 0.6) is 0 Å². The number of nitrogens with two attached hydrogens (primary N) is 1. The fourth-order valence-electron chi connectivity index (χ4n) is 2.29. The van der Waals surface area contributed by atoms with Crippen LogP contribution < -0.4 is 11.1 Å². The Morgan fingerprint density at radius 3 is 2.75 bits per heavy atom. The Hall–Kier alpha value is -2.37. The highest BCUT2D eigenvalue weighted by Gasteiger charge is 2.18. The van der Waals surface area contributed by atoms with Gasteiger partial charge in [-0.1, -0.05) is 47.2 Å². The van der Waals surface area contributed by atoms with Crippen molar-refractivity contribution in [1.29, 1.82) is 0 Å². The highest BCUT2D eigenvalue weighted by Crippen LogP contribution is 2.31. The number of anilines is 3. The number of nitrogen functional groups attached to an aromatic ring is 1. The minimum atomic E-state index is -0.179. The summed E-state index contributed by atoms with van der Waals surface area (Å²) in [5.41, 5.74) is 9.63. The molecule has 0 aliphatic carbocycles. The summed E-state index contributed by atoms with van der Waals surface area (Å²) < 4.78 is 0. The summed E-state index contributed by atoms with van der Waals surface area (Å²) in [6.07, 6.45) is 0. The number of aryl methyl sites for hydroxylation is 2. The average Bonchev–Trinajstić information content (AvgIpc) is 2.90. The molecule has 0 atom stereocenters. The van der Waals surface area contributed by atoms with Crippen LogP contribution in [0.3, 0.4) is 0 Å². The second-order valence-electron chi connectivity index (χ2n) is 5.52. The van der Waals surface area contributed by atoms with Gasteiger partial charge in [0.05, 0.1) is 0 Å². The summed E-state index contributed by atoms with van der Waals surface area (Å²) in [7, 11) is 0. The molecule has 1 aromatic heterocycles. The Morgan fingerprint density at radius 2 is 2.00 bits per heavy atom. The molecule has 0 saturated carbocycles. The van der Waals surface area contributed by atoms with Gasteiger partial charge in [-0.3, -0.25) is 4.79 Å². The van der Waals surface area contributed by atoms with Gasteiger partial charge in [-0.2, -0.15) is 0 Å². The van der Waals surface area contributed by atoms with Gasteiger partial charge in [0, 0.05) is 16.3 Å². The predicted molar refractivity (Wildman–Crippen MR) is 101 cm³/mol. The van der Waals surface area contributed by atoms with E-state index >= 15 is 0 Å². The lowest BCUT2D eigenvalue weighted by Gasteiger charge is -2.07. The summed E-state index contributed by atoms with van der Waals surface area (Å²) >= 11 is 7.19. The molecule has 0 fully saturated rings. The van der Waals surface area contributed by atoms with E-state index in [4.69, 9.17) is 17.3 Å². The molecule has 0 radical (unpaired) electrons. The molecule has 0 amide bonds. The number of hydrogen-bond acceptors (Lipinski definition) is 5. The summed E-state index contributed by atoms with van der Waals surface area (Å²) in [6, 6.07) is 12.9. The minimum Gasteiger partial charge on any atom is -0.382 e. The SMILES string of the molecule is Cc1ccc(C)c(Nc2nc(N)c(C(=O)c3cccc(Cl)c3)s2)c1. The highest BCUT2D eigenvalue weighted by molar-refractivity contribution is 7.18. The van der Waals surface area contributed by atoms with Gasteiger partial charge >= 0.3 is 0 Å². The second kappa shape index (κ2) is 6.63. The van der Waals surface area contributed by atoms with Crippen molar-refractivity contribution in [3.05, 3.63) is 69.1 Å². The Morgan fingerprint density at radius 1 is 1.21 bits per heavy atom. The monoisotopic (exact) mass is 357 g/mol. The van der Waals surface area contributed by atoms with Crippen LogP contribution in [0.25, 0.3) is 0 Å². The molecule has 0 aliphatic rings. The number of carbonyl (C=O) groups is 1. The number of nitrogens with one attached hydrogen (secondary N) is 1. The van der Waals surface area contributed by atoms with Crippen molar-refractivity contribution in [1.82, 2.24) is 4.98 Å². The fraction of sp³-hybridized carbons (Fsp3) is 0.111. The highest BCUT2D eigenvalue weighted by atomic mass is 35.5. The van der Waals surface area contributed by atoms with Crippen LogP contribution >= 0.6 is 22.9 Å². The number of halogens is 1. The predicted octanol–water partition coefficient (Wildman–Crippen LogP) is 4.97. The maximum Gasteiger partial charge on any atom is 0.206 e. The largest absolute Gasteiger partial charge is 0.382 e. The van der Waals surface area contributed by atoms with Crippen molar-refractivity contribution in [2.75, 3.05) is 11.1 Å². The number of carbonyl (C=O) groups excluding carboxylic acids is 1. The molecule has 0 saturated heterocycles. The first-order valence-corrected chi connectivity index (χ1v) is 8.54. The summed E-state index contributed by atoms with van der Waals surface area (Å²) in [6.45, 7) is 4.03. The van der Waals surface area contributed by atoms with Crippen LogP contribution in [0.2, 0.25) is 5.02 Å². The lowest BCUT2D eigenvalue weighted by molar-refractivity contribution is 0.104. The second-order valence-corrected chi connectivity index (χ2v) is 6.95. The van der Waals surface area contributed by atoms with E-state index in [0.717, 1.165) is 16.8 Å². The van der Waals surface area contributed by atoms with E-state index in [9.17, 15) is 4.79 Å². The van der Waals surface area contributed by atoms with E-state index in [-0.39, 0.29) is 11.6 Å². The minimum absolute atomic E-state index is 0.179. The number of thiazole rings is 1. The van der Waals surface area contributed by atoms with E-state index in [1.54, 1.807) is 24.3 Å². The molecule has 1 heterocycles. The molecular formula is C18H16ClN3OS. The molecule has 0 bridgehead atoms. The number of ketones is 1. The van der Waals surface area contributed by atoms with Gasteiger partial charge in [-0.15, -0.1) is 0 Å². The molecule has 3 N–H and O–H groups in total. The van der Waals surface area contributed by atoms with Crippen LogP contribution in [0.15, 0.2) is 42.5 Å². The van der Waals surface area contributed by atoms with Crippen molar-refractivity contribution in [2.24, 2.45) is 0 Å². The molecule has 122 valence electrons. The zero-order valence-corrected chi connectivity index (χ0v) is 14.8. The van der Waals surface area contributed by atoms with Gasteiger partial charge in [0.2, 0.25) is 5.78 Å². The lowest BCUT2D eigenvalue weighted by Crippen LogP contribution is -2.02. The normalized spacial score (nSPS) is 10.6. The van der Waals surface area contributed by atoms with Gasteiger partial charge in [0.1, 0.15) is 10.7 Å². The van der Waals surface area contributed by atoms with Crippen molar-refractivity contribution in [3.63, 3.8) is 0 Å². The molecule has 0 aliphatic heterocycles. The molecule has 0 unspecified atom stereocenters. The summed E-state index contributed by atoms with van der Waals surface area (Å²) in [4.78, 5) is 17.3. The molecular weight excluding hydrogens is 342 g/mol. The van der Waals surface area contributed by atoms with Gasteiger partial charge in [0.25, 0.3) is 0 Å². The Kier molecular flexibility index (Phi) is 4.55. The number of hydrogen-bond donors (Lipinski definition) is 2. The molecule has 6 heteroatoms. The third-order valence-electron chi connectivity index (χ3n) is 3.58. The topological polar surface area (TPSA) is 68.0 Å². The smallest absolute Gasteiger partial charge is 0.206 e. The van der Waals surface area contributed by atoms with Crippen LogP contribution in [-0.4, -0.2) is 10.8 Å². The van der Waals surface area contributed by atoms with E-state index in [2.05, 4.69) is 10.3 Å². The number of rotatable bonds is 4. The van der Waals surface area contributed by atoms with E-state index < -0.39 is 0 Å². The molecule has 4 nitrogen and oxygen atoms in total. The van der Waals surface area contributed by atoms with Crippen LogP contribution in [0.4, 0.5) is 16.6 Å². The summed E-state index contributed by atoms with van der Waals surface area (Å²) in [5, 5.41) is 4.34. The lowest BCUT2D eigenvalue weighted by atomic mass is 10.1. The van der Waals surface area contributed by atoms with Crippen molar-refractivity contribution in [2.45, 2.75) is 13.8 Å². The Labute approximate surface area is 149 Å². The third-order valence-corrected chi connectivity index (χ3v) is 4.80. The molecule has 2 aromatic carbocycles. The molecule has 3 rings (SSSR count). The Bertz CT molecular complexity index is 920. The van der Waals surface area contributed by atoms with Gasteiger partial charge in [-0.05, 0) is 43.2 Å². The maximum atomic E-state index is 12.6. The van der Waals surface area contributed by atoms with E-state index in [1.165, 1.54) is 11.3 Å². The number of aromatic nitrogens is 1. The third kappa shape index (κ3) is 3.42. The average molecular weight is 358 g/mol. The zero-order chi connectivity index (χ0) is 17.3. The molecule has 24 heavy (non-hydrogen) atoms. The van der Waals surface area contributed by atoms with E-state index in [1.807, 2.05) is 32.0 Å². The van der Waals surface area contributed by atoms with Crippen LogP contribution in [-0.2, 0) is 0 Å². The fourth-order valence-corrected chi connectivity index (χ4v) is 3.34. The molecule has 0 spiro atoms. The summed E-state index contributed by atoms with van der Waals surface area (Å²) in [5.74, 6) is 0.0410. The maximum absolute atomic E-state index is 12.6. The first-order valence-electron chi connectivity index (χ1n) is 7.35. The van der Waals surface area contributed by atoms with E-state index in [0.29, 0.717) is 20.6 Å². The molecule has 3 aromatic rings. The first-order chi connectivity index (χ1) is 11.4. The van der Waals surface area contributed by atoms with Crippen molar-refractivity contribution in [3.8, 4) is 0 Å². The quantitative estimate of drug-likeness (QED) is 0.647. The van der Waals surface area contributed by atoms with Crippen LogP contribution in [0, 0.1) is 13.8 Å². The Balaban J connectivity index is 1.90. The number of nitrogens with zero attached hydrogens (tertiary/aromatic N) is 1. The van der Waals surface area contributed by atoms with Gasteiger partial charge in [-0.25, -0.2) is 4.98 Å². The standard InChI is InChI=1S/C18H16ClN3OS/c1-10-6-7-11(2)14(8-10)21-18-22-17(20)16(24-18)15(23)12-4-3-5-13(19)9-12/h3-9H,20H2,1-2H3,(H,21,22). The van der Waals surface area contributed by atoms with Crippen molar-refractivity contribution < 1.29 is 4.79 Å². The first kappa shape index (κ1) is 16.5. The number of benzene rings is 2.